The first-order chi connectivity index (χ1) is 6.00. The normalized spacial score (nSPS) is 14.2. The fraction of sp³-hybridized carbons (Fsp3) is 0.455. The van der Waals surface area contributed by atoms with Gasteiger partial charge in [0.2, 0.25) is 0 Å². The van der Waals surface area contributed by atoms with Crippen molar-refractivity contribution in [1.82, 2.24) is 0 Å². The Morgan fingerprint density at radius 2 is 1.69 bits per heavy atom. The summed E-state index contributed by atoms with van der Waals surface area (Å²) < 4.78 is 0. The summed E-state index contributed by atoms with van der Waals surface area (Å²) in [5.41, 5.74) is 7.50. The van der Waals surface area contributed by atoms with Gasteiger partial charge in [0.1, 0.15) is 0 Å². The summed E-state index contributed by atoms with van der Waals surface area (Å²) in [6, 6.07) is 10.5. The molecule has 1 nitrogen and oxygen atoms in total. The Labute approximate surface area is 82.2 Å². The number of hydrogen-bond donors (Lipinski definition) is 1. The summed E-state index contributed by atoms with van der Waals surface area (Å²) in [5.74, 6) is 0. The number of nitrogens with two attached hydrogens (primary N) is 1. The predicted octanol–water partition coefficient (Wildman–Crippen LogP) is 3.34. The van der Waals surface area contributed by atoms with E-state index in [0.717, 1.165) is 6.16 Å². The highest BCUT2D eigenvalue weighted by Crippen LogP contribution is 2.44. The molecule has 0 heterocycles. The minimum absolute atomic E-state index is 0.255. The Morgan fingerprint density at radius 1 is 1.15 bits per heavy atom. The molecule has 1 aromatic carbocycles. The number of hydrogen-bond acceptors (Lipinski definition) is 1. The molecule has 0 aromatic heterocycles. The van der Waals surface area contributed by atoms with Crippen LogP contribution in [-0.2, 0) is 6.16 Å². The summed E-state index contributed by atoms with van der Waals surface area (Å²) in [4.78, 5) is 0. The van der Waals surface area contributed by atoms with Crippen LogP contribution in [0.25, 0.3) is 0 Å². The molecule has 0 fully saturated rings. The minimum Gasteiger partial charge on any atom is -0.309 e. The second-order valence-electron chi connectivity index (χ2n) is 4.28. The quantitative estimate of drug-likeness (QED) is 0.719. The third kappa shape index (κ3) is 3.46. The number of benzene rings is 1. The zero-order chi connectivity index (χ0) is 9.90. The molecule has 72 valence electrons. The van der Waals surface area contributed by atoms with Gasteiger partial charge in [0.25, 0.3) is 0 Å². The van der Waals surface area contributed by atoms with E-state index in [1.54, 1.807) is 0 Å². The molecule has 0 saturated carbocycles. The molecule has 1 aromatic rings. The van der Waals surface area contributed by atoms with Crippen LogP contribution in [0, 0.1) is 0 Å². The third-order valence-corrected chi connectivity index (χ3v) is 4.49. The monoisotopic (exact) mass is 195 g/mol. The van der Waals surface area contributed by atoms with Crippen LogP contribution >= 0.6 is 8.07 Å². The molecule has 0 aliphatic carbocycles. The van der Waals surface area contributed by atoms with Crippen molar-refractivity contribution in [2.24, 2.45) is 5.50 Å². The molecular formula is C11H18NP. The van der Waals surface area contributed by atoms with Crippen molar-refractivity contribution in [2.45, 2.75) is 32.1 Å². The van der Waals surface area contributed by atoms with Gasteiger partial charge in [0.15, 0.2) is 0 Å². The first-order valence-electron chi connectivity index (χ1n) is 4.56. The summed E-state index contributed by atoms with van der Waals surface area (Å²) in [6.07, 6.45) is 1.03. The molecule has 1 rings (SSSR count). The molecule has 0 amide bonds. The Kier molecular flexibility index (Phi) is 3.47. The number of rotatable bonds is 2. The van der Waals surface area contributed by atoms with Crippen LogP contribution in [0.15, 0.2) is 30.3 Å². The highest BCUT2D eigenvalue weighted by atomic mass is 31.1. The maximum Gasteiger partial charge on any atom is 0.00608 e. The largest absolute Gasteiger partial charge is 0.309 e. The Hall–Kier alpha value is -0.390. The van der Waals surface area contributed by atoms with Crippen molar-refractivity contribution in [1.29, 1.82) is 0 Å². The maximum absolute atomic E-state index is 6.15. The molecule has 0 bridgehead atoms. The van der Waals surface area contributed by atoms with E-state index in [4.69, 9.17) is 5.50 Å². The Bertz CT molecular complexity index is 251. The smallest absolute Gasteiger partial charge is 0.00608 e. The van der Waals surface area contributed by atoms with Gasteiger partial charge in [-0.25, -0.2) is 0 Å². The van der Waals surface area contributed by atoms with E-state index >= 15 is 0 Å². The van der Waals surface area contributed by atoms with Gasteiger partial charge in [-0.3, -0.25) is 0 Å². The topological polar surface area (TPSA) is 26.0 Å². The summed E-state index contributed by atoms with van der Waals surface area (Å²) in [6.45, 7) is 6.63. The van der Waals surface area contributed by atoms with Gasteiger partial charge in [-0.2, -0.15) is 0 Å². The molecule has 2 N–H and O–H groups in total. The lowest BCUT2D eigenvalue weighted by Crippen LogP contribution is -2.17. The van der Waals surface area contributed by atoms with Gasteiger partial charge in [-0.15, -0.1) is 0 Å². The standard InChI is InChI=1S/C11H18NP/c1-11(2,3)13(12)9-10-7-5-4-6-8-10/h4-8H,9,12H2,1-3H3. The predicted molar refractivity (Wildman–Crippen MR) is 61.0 cm³/mol. The average Bonchev–Trinajstić information content (AvgIpc) is 2.04. The van der Waals surface area contributed by atoms with Crippen molar-refractivity contribution in [3.8, 4) is 0 Å². The average molecular weight is 195 g/mol. The zero-order valence-corrected chi connectivity index (χ0v) is 9.51. The molecular weight excluding hydrogens is 177 g/mol. The maximum atomic E-state index is 6.15. The highest BCUT2D eigenvalue weighted by Gasteiger charge is 2.20. The van der Waals surface area contributed by atoms with Gasteiger partial charge in [-0.1, -0.05) is 51.1 Å². The van der Waals surface area contributed by atoms with Gasteiger partial charge >= 0.3 is 0 Å². The van der Waals surface area contributed by atoms with Crippen LogP contribution in [0.5, 0.6) is 0 Å². The van der Waals surface area contributed by atoms with E-state index in [1.165, 1.54) is 5.56 Å². The van der Waals surface area contributed by atoms with Crippen LogP contribution < -0.4 is 5.50 Å². The van der Waals surface area contributed by atoms with Crippen molar-refractivity contribution >= 4 is 8.07 Å². The van der Waals surface area contributed by atoms with E-state index in [1.807, 2.05) is 6.07 Å². The lowest BCUT2D eigenvalue weighted by atomic mass is 10.2. The molecule has 0 radical (unpaired) electrons. The SMILES string of the molecule is CC(C)(C)P(N)Cc1ccccc1. The van der Waals surface area contributed by atoms with Crippen LogP contribution in [0.4, 0.5) is 0 Å². The molecule has 0 aliphatic rings. The summed E-state index contributed by atoms with van der Waals surface area (Å²) in [5, 5.41) is 0.255. The van der Waals surface area contributed by atoms with Crippen LogP contribution in [0.3, 0.4) is 0 Å². The molecule has 0 spiro atoms. The van der Waals surface area contributed by atoms with Crippen molar-refractivity contribution in [2.75, 3.05) is 0 Å². The molecule has 1 unspecified atom stereocenters. The first kappa shape index (κ1) is 10.7. The van der Waals surface area contributed by atoms with E-state index < -0.39 is 8.07 Å². The van der Waals surface area contributed by atoms with E-state index in [9.17, 15) is 0 Å². The Morgan fingerprint density at radius 3 is 2.15 bits per heavy atom. The zero-order valence-electron chi connectivity index (χ0n) is 8.62. The molecule has 1 atom stereocenters. The summed E-state index contributed by atoms with van der Waals surface area (Å²) >= 11 is 0. The second kappa shape index (κ2) is 4.21. The first-order valence-corrected chi connectivity index (χ1v) is 6.16. The van der Waals surface area contributed by atoms with Crippen molar-refractivity contribution in [3.63, 3.8) is 0 Å². The fourth-order valence-corrected chi connectivity index (χ4v) is 2.10. The van der Waals surface area contributed by atoms with Gasteiger partial charge in [0.05, 0.1) is 0 Å². The fourth-order valence-electron chi connectivity index (χ4n) is 1.02. The Balaban J connectivity index is 2.61. The van der Waals surface area contributed by atoms with E-state index in [0.29, 0.717) is 0 Å². The second-order valence-corrected chi connectivity index (χ2v) is 6.88. The lowest BCUT2D eigenvalue weighted by Gasteiger charge is -2.27. The molecule has 0 saturated heterocycles. The van der Waals surface area contributed by atoms with Crippen LogP contribution in [-0.4, -0.2) is 5.16 Å². The lowest BCUT2D eigenvalue weighted by molar-refractivity contribution is 0.779. The van der Waals surface area contributed by atoms with Crippen molar-refractivity contribution < 1.29 is 0 Å². The third-order valence-electron chi connectivity index (χ3n) is 2.06. The van der Waals surface area contributed by atoms with Crippen molar-refractivity contribution in [3.05, 3.63) is 35.9 Å². The summed E-state index contributed by atoms with van der Waals surface area (Å²) in [7, 11) is -0.398. The van der Waals surface area contributed by atoms with Crippen LogP contribution in [0.1, 0.15) is 26.3 Å². The van der Waals surface area contributed by atoms with Gasteiger partial charge < -0.3 is 5.50 Å². The van der Waals surface area contributed by atoms with E-state index in [2.05, 4.69) is 45.0 Å². The van der Waals surface area contributed by atoms with Crippen LogP contribution in [0.2, 0.25) is 0 Å². The van der Waals surface area contributed by atoms with Gasteiger partial charge in [-0.05, 0) is 18.8 Å². The molecule has 2 heteroatoms. The highest BCUT2D eigenvalue weighted by molar-refractivity contribution is 7.55. The van der Waals surface area contributed by atoms with E-state index in [-0.39, 0.29) is 5.16 Å². The molecule has 13 heavy (non-hydrogen) atoms. The minimum atomic E-state index is -0.398. The van der Waals surface area contributed by atoms with Gasteiger partial charge in [0, 0.05) is 6.16 Å². The molecule has 0 aliphatic heterocycles.